The Balaban J connectivity index is 3.31. The Labute approximate surface area is 94.0 Å². The number of methoxy groups -OCH3 is 1. The summed E-state index contributed by atoms with van der Waals surface area (Å²) >= 11 is 2.87. The molecule has 0 saturated heterocycles. The molecule has 7 heteroatoms. The highest BCUT2D eigenvalue weighted by Gasteiger charge is 2.20. The lowest BCUT2D eigenvalue weighted by Gasteiger charge is -2.06. The van der Waals surface area contributed by atoms with E-state index < -0.39 is 18.9 Å². The molecule has 1 aromatic rings. The topological polar surface area (TPSA) is 66.8 Å². The van der Waals surface area contributed by atoms with E-state index in [2.05, 4.69) is 20.7 Å². The fourth-order valence-corrected chi connectivity index (χ4v) is 1.41. The van der Waals surface area contributed by atoms with Crippen LogP contribution in [0.2, 0.25) is 0 Å². The van der Waals surface area contributed by atoms with Crippen LogP contribution in [0.1, 0.15) is 10.4 Å². The van der Waals surface area contributed by atoms with Crippen molar-refractivity contribution in [3.05, 3.63) is 28.0 Å². The van der Waals surface area contributed by atoms with E-state index in [1.807, 2.05) is 0 Å². The summed E-state index contributed by atoms with van der Waals surface area (Å²) in [6, 6.07) is 2.06. The summed E-state index contributed by atoms with van der Waals surface area (Å²) in [5.74, 6) is -1.52. The second-order valence-electron chi connectivity index (χ2n) is 2.73. The predicted octanol–water partition coefficient (Wildman–Crippen LogP) is 0.0546. The third kappa shape index (κ3) is 2.56. The molecule has 0 saturated carbocycles. The van der Waals surface area contributed by atoms with Gasteiger partial charge < -0.3 is 14.8 Å². The lowest BCUT2D eigenvalue weighted by Crippen LogP contribution is -2.31. The van der Waals surface area contributed by atoms with Gasteiger partial charge in [-0.1, -0.05) is 0 Å². The molecule has 0 amide bonds. The largest absolute Gasteiger partial charge is 0.488 e. The number of carbonyl (C=O) groups excluding carboxylic acids is 1. The zero-order valence-corrected chi connectivity index (χ0v) is 9.28. The summed E-state index contributed by atoms with van der Waals surface area (Å²) in [5.41, 5.74) is -0.211. The Bertz CT molecular complexity index is 396. The first-order valence-corrected chi connectivity index (χ1v) is 4.70. The number of esters is 1. The highest BCUT2D eigenvalue weighted by molar-refractivity contribution is 9.10. The lowest BCUT2D eigenvalue weighted by molar-refractivity contribution is 0.0599. The molecule has 15 heavy (non-hydrogen) atoms. The fraction of sp³-hybridized carbons (Fsp3) is 0.125. The summed E-state index contributed by atoms with van der Waals surface area (Å²) in [7, 11) is -0.689. The quantitative estimate of drug-likeness (QED) is 0.592. The first-order valence-electron chi connectivity index (χ1n) is 3.90. The molecule has 0 aliphatic carbocycles. The van der Waals surface area contributed by atoms with Crippen molar-refractivity contribution in [2.75, 3.05) is 7.11 Å². The Kier molecular flexibility index (Phi) is 3.84. The van der Waals surface area contributed by atoms with Crippen LogP contribution in [-0.4, -0.2) is 30.2 Å². The summed E-state index contributed by atoms with van der Waals surface area (Å²) in [6.45, 7) is 0. The maximum Gasteiger partial charge on any atom is 0.488 e. The molecule has 0 radical (unpaired) electrons. The zero-order valence-electron chi connectivity index (χ0n) is 7.70. The van der Waals surface area contributed by atoms with Crippen LogP contribution in [0.25, 0.3) is 0 Å². The van der Waals surface area contributed by atoms with Gasteiger partial charge in [0.05, 0.1) is 17.1 Å². The van der Waals surface area contributed by atoms with Crippen LogP contribution in [0.15, 0.2) is 16.6 Å². The first-order chi connectivity index (χ1) is 6.97. The van der Waals surface area contributed by atoms with E-state index in [9.17, 15) is 9.18 Å². The third-order valence-electron chi connectivity index (χ3n) is 1.75. The zero-order chi connectivity index (χ0) is 11.6. The van der Waals surface area contributed by atoms with Crippen LogP contribution >= 0.6 is 15.9 Å². The maximum atomic E-state index is 13.2. The monoisotopic (exact) mass is 276 g/mol. The van der Waals surface area contributed by atoms with E-state index in [1.54, 1.807) is 0 Å². The number of hydrogen-bond donors (Lipinski definition) is 2. The van der Waals surface area contributed by atoms with E-state index in [0.29, 0.717) is 0 Å². The molecule has 0 atom stereocenters. The van der Waals surface area contributed by atoms with Gasteiger partial charge in [0.25, 0.3) is 0 Å². The molecular weight excluding hydrogens is 270 g/mol. The van der Waals surface area contributed by atoms with Gasteiger partial charge in [-0.05, 0) is 33.5 Å². The average Bonchev–Trinajstić information content (AvgIpc) is 2.20. The summed E-state index contributed by atoms with van der Waals surface area (Å²) < 4.78 is 17.6. The van der Waals surface area contributed by atoms with Gasteiger partial charge in [0.1, 0.15) is 5.82 Å². The third-order valence-corrected chi connectivity index (χ3v) is 2.56. The predicted molar refractivity (Wildman–Crippen MR) is 55.3 cm³/mol. The van der Waals surface area contributed by atoms with Crippen molar-refractivity contribution in [3.63, 3.8) is 0 Å². The van der Waals surface area contributed by atoms with Crippen LogP contribution < -0.4 is 5.46 Å². The minimum atomic E-state index is -1.84. The van der Waals surface area contributed by atoms with E-state index >= 15 is 0 Å². The van der Waals surface area contributed by atoms with Gasteiger partial charge in [-0.25, -0.2) is 9.18 Å². The molecular formula is C8H7BBrFO4. The molecule has 2 N–H and O–H groups in total. The van der Waals surface area contributed by atoms with E-state index in [1.165, 1.54) is 0 Å². The van der Waals surface area contributed by atoms with Crippen LogP contribution in [-0.2, 0) is 4.74 Å². The second-order valence-corrected chi connectivity index (χ2v) is 3.52. The highest BCUT2D eigenvalue weighted by Crippen LogP contribution is 2.20. The molecule has 0 fully saturated rings. The number of benzene rings is 1. The van der Waals surface area contributed by atoms with Crippen LogP contribution in [0, 0.1) is 5.82 Å². The van der Waals surface area contributed by atoms with Crippen molar-refractivity contribution >= 4 is 34.5 Å². The summed E-state index contributed by atoms with van der Waals surface area (Å²) in [6.07, 6.45) is 0. The van der Waals surface area contributed by atoms with Crippen molar-refractivity contribution < 1.29 is 24.0 Å². The summed E-state index contributed by atoms with van der Waals surface area (Å²) in [5, 5.41) is 17.7. The Morgan fingerprint density at radius 2 is 2.13 bits per heavy atom. The number of halogens is 2. The van der Waals surface area contributed by atoms with Gasteiger partial charge in [0, 0.05) is 0 Å². The second kappa shape index (κ2) is 4.74. The molecule has 0 heterocycles. The van der Waals surface area contributed by atoms with Crippen LogP contribution in [0.4, 0.5) is 4.39 Å². The van der Waals surface area contributed by atoms with Gasteiger partial charge in [-0.3, -0.25) is 0 Å². The smallest absolute Gasteiger partial charge is 0.465 e. The number of hydrogen-bond acceptors (Lipinski definition) is 4. The fourth-order valence-electron chi connectivity index (χ4n) is 1.02. The molecule has 80 valence electrons. The molecule has 0 aliphatic heterocycles. The van der Waals surface area contributed by atoms with Gasteiger partial charge in [-0.2, -0.15) is 0 Å². The SMILES string of the molecule is COC(=O)c1cc(B(O)O)cc(F)c1Br. The van der Waals surface area contributed by atoms with E-state index in [4.69, 9.17) is 10.0 Å². The van der Waals surface area contributed by atoms with E-state index in [0.717, 1.165) is 19.2 Å². The summed E-state index contributed by atoms with van der Waals surface area (Å²) in [4.78, 5) is 11.2. The van der Waals surface area contributed by atoms with Crippen molar-refractivity contribution in [1.29, 1.82) is 0 Å². The Morgan fingerprint density at radius 3 is 2.60 bits per heavy atom. The first kappa shape index (κ1) is 12.2. The number of rotatable bonds is 2. The van der Waals surface area contributed by atoms with Crippen LogP contribution in [0.5, 0.6) is 0 Å². The van der Waals surface area contributed by atoms with Gasteiger partial charge in [0.15, 0.2) is 0 Å². The number of carbonyl (C=O) groups is 1. The van der Waals surface area contributed by atoms with Crippen molar-refractivity contribution in [2.24, 2.45) is 0 Å². The molecule has 0 aliphatic rings. The van der Waals surface area contributed by atoms with Crippen LogP contribution in [0.3, 0.4) is 0 Å². The molecule has 1 aromatic carbocycles. The Morgan fingerprint density at radius 1 is 1.53 bits per heavy atom. The van der Waals surface area contributed by atoms with E-state index in [-0.39, 0.29) is 15.5 Å². The minimum absolute atomic E-state index is 0.0706. The normalized spacial score (nSPS) is 9.93. The van der Waals surface area contributed by atoms with Crippen molar-refractivity contribution in [1.82, 2.24) is 0 Å². The van der Waals surface area contributed by atoms with Crippen molar-refractivity contribution in [2.45, 2.75) is 0 Å². The maximum absolute atomic E-state index is 13.2. The van der Waals surface area contributed by atoms with Crippen molar-refractivity contribution in [3.8, 4) is 0 Å². The molecule has 4 nitrogen and oxygen atoms in total. The lowest BCUT2D eigenvalue weighted by atomic mass is 9.79. The molecule has 0 unspecified atom stereocenters. The molecule has 0 spiro atoms. The van der Waals surface area contributed by atoms with Gasteiger partial charge in [0.2, 0.25) is 0 Å². The van der Waals surface area contributed by atoms with Gasteiger partial charge in [-0.15, -0.1) is 0 Å². The minimum Gasteiger partial charge on any atom is -0.465 e. The highest BCUT2D eigenvalue weighted by atomic mass is 79.9. The molecule has 0 aromatic heterocycles. The number of ether oxygens (including phenoxy) is 1. The standard InChI is InChI=1S/C8H7BBrFO4/c1-15-8(12)5-2-4(9(13)14)3-6(11)7(5)10/h2-3,13-14H,1H3. The molecule has 1 rings (SSSR count). The van der Waals surface area contributed by atoms with Gasteiger partial charge >= 0.3 is 13.1 Å². The Hall–Kier alpha value is -0.915. The molecule has 0 bridgehead atoms. The average molecular weight is 277 g/mol.